The number of aromatic nitrogens is 2. The van der Waals surface area contributed by atoms with Gasteiger partial charge < -0.3 is 4.74 Å². The Bertz CT molecular complexity index is 1470. The van der Waals surface area contributed by atoms with E-state index in [0.29, 0.717) is 17.0 Å². The van der Waals surface area contributed by atoms with Crippen molar-refractivity contribution in [2.45, 2.75) is 0 Å². The smallest absolute Gasteiger partial charge is 0.275 e. The maximum Gasteiger partial charge on any atom is 0.275 e. The Morgan fingerprint density at radius 1 is 0.912 bits per heavy atom. The van der Waals surface area contributed by atoms with Gasteiger partial charge in [-0.2, -0.15) is 10.2 Å². The van der Waals surface area contributed by atoms with Crippen LogP contribution in [-0.2, 0) is 0 Å². The number of fused-ring (bicyclic) bond motifs is 1. The number of ether oxygens (including phenoxy) is 1. The molecule has 6 nitrogen and oxygen atoms in total. The zero-order chi connectivity index (χ0) is 23.3. The Hall–Kier alpha value is -4.71. The van der Waals surface area contributed by atoms with E-state index in [1.54, 1.807) is 24.2 Å². The van der Waals surface area contributed by atoms with Crippen molar-refractivity contribution in [3.8, 4) is 22.7 Å². The fourth-order valence-corrected chi connectivity index (χ4v) is 3.86. The number of hydrogen-bond acceptors (Lipinski definition) is 4. The van der Waals surface area contributed by atoms with Gasteiger partial charge in [0.1, 0.15) is 11.4 Å². The summed E-state index contributed by atoms with van der Waals surface area (Å²) >= 11 is 0. The SMILES string of the molecule is COc1ccc2ccccc2c1/C=N/NC(=O)c1cn(-c2ccccc2)nc1-c1ccccc1. The van der Waals surface area contributed by atoms with Crippen LogP contribution in [0, 0.1) is 0 Å². The average Bonchev–Trinajstić information content (AvgIpc) is 3.35. The van der Waals surface area contributed by atoms with E-state index in [2.05, 4.69) is 10.5 Å². The second kappa shape index (κ2) is 9.42. The van der Waals surface area contributed by atoms with Crippen LogP contribution in [0.5, 0.6) is 5.75 Å². The molecule has 1 N–H and O–H groups in total. The largest absolute Gasteiger partial charge is 0.496 e. The molecule has 0 aliphatic heterocycles. The van der Waals surface area contributed by atoms with E-state index in [-0.39, 0.29) is 5.91 Å². The lowest BCUT2D eigenvalue weighted by Gasteiger charge is -2.08. The first-order valence-electron chi connectivity index (χ1n) is 10.8. The molecule has 166 valence electrons. The van der Waals surface area contributed by atoms with Gasteiger partial charge in [-0.1, -0.05) is 78.9 Å². The lowest BCUT2D eigenvalue weighted by atomic mass is 10.0. The van der Waals surface area contributed by atoms with E-state index in [0.717, 1.165) is 27.6 Å². The molecule has 0 bridgehead atoms. The van der Waals surface area contributed by atoms with Crippen LogP contribution in [0.15, 0.2) is 108 Å². The topological polar surface area (TPSA) is 68.5 Å². The Morgan fingerprint density at radius 2 is 1.62 bits per heavy atom. The van der Waals surface area contributed by atoms with Gasteiger partial charge in [-0.05, 0) is 29.0 Å². The highest BCUT2D eigenvalue weighted by molar-refractivity contribution is 6.04. The number of carbonyl (C=O) groups is 1. The molecule has 0 unspecified atom stereocenters. The van der Waals surface area contributed by atoms with Crippen molar-refractivity contribution in [1.82, 2.24) is 15.2 Å². The summed E-state index contributed by atoms with van der Waals surface area (Å²) in [7, 11) is 1.62. The summed E-state index contributed by atoms with van der Waals surface area (Å²) in [6.45, 7) is 0. The minimum atomic E-state index is -0.350. The molecule has 4 aromatic carbocycles. The Balaban J connectivity index is 1.48. The number of nitrogens with zero attached hydrogens (tertiary/aromatic N) is 3. The molecular formula is C28H22N4O2. The van der Waals surface area contributed by atoms with Crippen molar-refractivity contribution in [2.24, 2.45) is 5.10 Å². The molecule has 1 amide bonds. The first-order valence-corrected chi connectivity index (χ1v) is 10.8. The Kier molecular flexibility index (Phi) is 5.86. The van der Waals surface area contributed by atoms with Gasteiger partial charge in [0.05, 0.1) is 24.6 Å². The number of amides is 1. The molecule has 0 radical (unpaired) electrons. The number of hydrazone groups is 1. The Labute approximate surface area is 197 Å². The van der Waals surface area contributed by atoms with Crippen LogP contribution in [0.25, 0.3) is 27.7 Å². The van der Waals surface area contributed by atoms with E-state index in [9.17, 15) is 4.79 Å². The minimum Gasteiger partial charge on any atom is -0.496 e. The fourth-order valence-electron chi connectivity index (χ4n) is 3.86. The van der Waals surface area contributed by atoms with Crippen molar-refractivity contribution in [3.63, 3.8) is 0 Å². The summed E-state index contributed by atoms with van der Waals surface area (Å²) in [4.78, 5) is 13.2. The van der Waals surface area contributed by atoms with Gasteiger partial charge in [0.15, 0.2) is 0 Å². The Morgan fingerprint density at radius 3 is 2.38 bits per heavy atom. The highest BCUT2D eigenvalue weighted by Gasteiger charge is 2.18. The number of benzene rings is 4. The number of methoxy groups -OCH3 is 1. The molecule has 0 spiro atoms. The van der Waals surface area contributed by atoms with Crippen LogP contribution in [0.4, 0.5) is 0 Å². The average molecular weight is 447 g/mol. The van der Waals surface area contributed by atoms with Crippen molar-refractivity contribution >= 4 is 22.9 Å². The zero-order valence-electron chi connectivity index (χ0n) is 18.6. The summed E-state index contributed by atoms with van der Waals surface area (Å²) in [6, 6.07) is 31.2. The van der Waals surface area contributed by atoms with Gasteiger partial charge in [0.2, 0.25) is 0 Å². The molecule has 0 saturated carbocycles. The zero-order valence-corrected chi connectivity index (χ0v) is 18.6. The maximum atomic E-state index is 13.2. The molecule has 5 rings (SSSR count). The lowest BCUT2D eigenvalue weighted by molar-refractivity contribution is 0.0955. The first-order chi connectivity index (χ1) is 16.7. The van der Waals surface area contributed by atoms with Gasteiger partial charge in [0.25, 0.3) is 5.91 Å². The van der Waals surface area contributed by atoms with Gasteiger partial charge >= 0.3 is 0 Å². The summed E-state index contributed by atoms with van der Waals surface area (Å²) in [5.74, 6) is 0.329. The lowest BCUT2D eigenvalue weighted by Crippen LogP contribution is -2.18. The van der Waals surface area contributed by atoms with E-state index in [1.165, 1.54) is 0 Å². The predicted octanol–water partition coefficient (Wildman–Crippen LogP) is 5.47. The molecule has 1 heterocycles. The molecule has 6 heteroatoms. The van der Waals surface area contributed by atoms with Crippen LogP contribution < -0.4 is 10.2 Å². The molecule has 0 aliphatic rings. The molecule has 5 aromatic rings. The van der Waals surface area contributed by atoms with Crippen molar-refractivity contribution in [3.05, 3.63) is 114 Å². The molecule has 0 atom stereocenters. The number of rotatable bonds is 6. The highest BCUT2D eigenvalue weighted by atomic mass is 16.5. The molecule has 1 aromatic heterocycles. The third-order valence-corrected chi connectivity index (χ3v) is 5.54. The van der Waals surface area contributed by atoms with Crippen molar-refractivity contribution in [2.75, 3.05) is 7.11 Å². The first kappa shape index (κ1) is 21.2. The third kappa shape index (κ3) is 4.17. The second-order valence-corrected chi connectivity index (χ2v) is 7.64. The fraction of sp³-hybridized carbons (Fsp3) is 0.0357. The van der Waals surface area contributed by atoms with Crippen LogP contribution in [0.3, 0.4) is 0 Å². The third-order valence-electron chi connectivity index (χ3n) is 5.54. The van der Waals surface area contributed by atoms with Crippen molar-refractivity contribution < 1.29 is 9.53 Å². The monoisotopic (exact) mass is 446 g/mol. The van der Waals surface area contributed by atoms with E-state index in [1.807, 2.05) is 97.1 Å². The number of hydrogen-bond donors (Lipinski definition) is 1. The molecule has 0 fully saturated rings. The highest BCUT2D eigenvalue weighted by Crippen LogP contribution is 2.27. The van der Waals surface area contributed by atoms with E-state index >= 15 is 0 Å². The van der Waals surface area contributed by atoms with Gasteiger partial charge in [-0.25, -0.2) is 10.1 Å². The quantitative estimate of drug-likeness (QED) is 0.278. The minimum absolute atomic E-state index is 0.350. The summed E-state index contributed by atoms with van der Waals surface area (Å²) < 4.78 is 7.21. The van der Waals surface area contributed by atoms with Gasteiger partial charge in [-0.15, -0.1) is 0 Å². The summed E-state index contributed by atoms with van der Waals surface area (Å²) in [6.07, 6.45) is 3.34. The number of carbonyl (C=O) groups excluding carboxylic acids is 1. The molecular weight excluding hydrogens is 424 g/mol. The molecule has 0 saturated heterocycles. The number of para-hydroxylation sites is 1. The second-order valence-electron chi connectivity index (χ2n) is 7.64. The van der Waals surface area contributed by atoms with Gasteiger partial charge in [-0.3, -0.25) is 4.79 Å². The van der Waals surface area contributed by atoms with Crippen LogP contribution in [-0.4, -0.2) is 29.0 Å². The molecule has 34 heavy (non-hydrogen) atoms. The van der Waals surface area contributed by atoms with Gasteiger partial charge in [0, 0.05) is 17.3 Å². The summed E-state index contributed by atoms with van der Waals surface area (Å²) in [5.41, 5.74) is 6.18. The normalized spacial score (nSPS) is 11.1. The predicted molar refractivity (Wildman–Crippen MR) is 135 cm³/mol. The number of nitrogens with one attached hydrogen (secondary N) is 1. The van der Waals surface area contributed by atoms with Crippen LogP contribution in [0.1, 0.15) is 15.9 Å². The molecule has 0 aliphatic carbocycles. The van der Waals surface area contributed by atoms with E-state index < -0.39 is 0 Å². The van der Waals surface area contributed by atoms with Crippen LogP contribution >= 0.6 is 0 Å². The van der Waals surface area contributed by atoms with Crippen molar-refractivity contribution in [1.29, 1.82) is 0 Å². The maximum absolute atomic E-state index is 13.2. The van der Waals surface area contributed by atoms with Crippen LogP contribution in [0.2, 0.25) is 0 Å². The van der Waals surface area contributed by atoms with E-state index in [4.69, 9.17) is 9.84 Å². The standard InChI is InChI=1S/C28H22N4O2/c1-34-26-17-16-20-10-8-9-15-23(20)24(26)18-29-30-28(33)25-19-32(22-13-6-3-7-14-22)31-27(25)21-11-4-2-5-12-21/h2-19H,1H3,(H,30,33)/b29-18+. The summed E-state index contributed by atoms with van der Waals surface area (Å²) in [5, 5.41) is 11.0.